The Balaban J connectivity index is 2.24. The number of hydrogen-bond acceptors (Lipinski definition) is 4. The lowest BCUT2D eigenvalue weighted by Crippen LogP contribution is -1.97. The van der Waals surface area contributed by atoms with Crippen molar-refractivity contribution in [1.82, 2.24) is 15.2 Å². The van der Waals surface area contributed by atoms with E-state index in [1.165, 1.54) is 30.3 Å². The molecule has 0 radical (unpaired) electrons. The minimum Gasteiger partial charge on any atom is -0.477 e. The van der Waals surface area contributed by atoms with E-state index in [0.29, 0.717) is 16.5 Å². The van der Waals surface area contributed by atoms with Gasteiger partial charge in [-0.3, -0.25) is 5.10 Å². The molecule has 1 aromatic carbocycles. The molecule has 98 valence electrons. The van der Waals surface area contributed by atoms with Crippen LogP contribution in [0.15, 0.2) is 34.3 Å². The maximum absolute atomic E-state index is 12.8. The van der Waals surface area contributed by atoms with Gasteiger partial charge < -0.3 is 5.11 Å². The van der Waals surface area contributed by atoms with Gasteiger partial charge in [0.05, 0.1) is 0 Å². The number of carboxylic acids is 1. The van der Waals surface area contributed by atoms with Gasteiger partial charge in [-0.15, -0.1) is 5.10 Å². The Morgan fingerprint density at radius 1 is 1.42 bits per heavy atom. The Morgan fingerprint density at radius 3 is 2.63 bits per heavy atom. The Morgan fingerprint density at radius 2 is 2.11 bits per heavy atom. The number of aryl methyl sites for hydroxylation is 1. The number of thioether (sulfide) groups is 1. The number of carboxylic acid groups (broad SMARTS) is 1. The number of aromatic nitrogens is 3. The Hall–Kier alpha value is -2.15. The van der Waals surface area contributed by atoms with E-state index in [0.717, 1.165) is 11.8 Å². The molecule has 7 heteroatoms. The molecule has 0 saturated carbocycles. The molecule has 0 aliphatic heterocycles. The van der Waals surface area contributed by atoms with Crippen molar-refractivity contribution in [2.24, 2.45) is 0 Å². The van der Waals surface area contributed by atoms with Crippen molar-refractivity contribution < 1.29 is 14.3 Å². The lowest BCUT2D eigenvalue weighted by molar-refractivity contribution is -0.131. The fraction of sp³-hybridized carbons (Fsp3) is 0.0833. The molecule has 19 heavy (non-hydrogen) atoms. The Kier molecular flexibility index (Phi) is 3.96. The van der Waals surface area contributed by atoms with Crippen molar-refractivity contribution >= 4 is 23.8 Å². The van der Waals surface area contributed by atoms with E-state index in [9.17, 15) is 9.18 Å². The summed E-state index contributed by atoms with van der Waals surface area (Å²) in [6, 6.07) is 5.55. The van der Waals surface area contributed by atoms with Crippen molar-refractivity contribution in [2.45, 2.75) is 12.1 Å². The molecule has 2 aromatic rings. The van der Waals surface area contributed by atoms with Crippen LogP contribution in [0.25, 0.3) is 6.08 Å². The number of nitrogens with one attached hydrogen (secondary N) is 1. The molecular weight excluding hydrogens is 269 g/mol. The highest BCUT2D eigenvalue weighted by Gasteiger charge is 2.12. The van der Waals surface area contributed by atoms with Gasteiger partial charge in [0.15, 0.2) is 0 Å². The number of benzene rings is 1. The van der Waals surface area contributed by atoms with E-state index in [-0.39, 0.29) is 10.7 Å². The summed E-state index contributed by atoms with van der Waals surface area (Å²) in [7, 11) is 0. The van der Waals surface area contributed by atoms with Crippen LogP contribution in [-0.2, 0) is 4.79 Å². The topological polar surface area (TPSA) is 78.9 Å². The number of carbonyl (C=O) groups is 1. The second-order valence-electron chi connectivity index (χ2n) is 3.67. The Bertz CT molecular complexity index is 622. The normalized spacial score (nSPS) is 11.6. The summed E-state index contributed by atoms with van der Waals surface area (Å²) in [5, 5.41) is 15.9. The number of halogens is 1. The number of aromatic amines is 1. The summed E-state index contributed by atoms with van der Waals surface area (Å²) < 4.78 is 12.8. The van der Waals surface area contributed by atoms with Gasteiger partial charge in [-0.2, -0.15) is 0 Å². The third-order valence-corrected chi connectivity index (χ3v) is 3.03. The molecule has 0 aliphatic rings. The summed E-state index contributed by atoms with van der Waals surface area (Å²) >= 11 is 0.931. The van der Waals surface area contributed by atoms with Crippen molar-refractivity contribution in [3.63, 3.8) is 0 Å². The van der Waals surface area contributed by atoms with E-state index in [1.807, 2.05) is 0 Å². The summed E-state index contributed by atoms with van der Waals surface area (Å²) in [6.07, 6.45) is 1.44. The first kappa shape index (κ1) is 13.3. The summed E-state index contributed by atoms with van der Waals surface area (Å²) in [4.78, 5) is 15.2. The molecular formula is C12H10FN3O2S. The second kappa shape index (κ2) is 5.66. The quantitative estimate of drug-likeness (QED) is 0.664. The van der Waals surface area contributed by atoms with Crippen LogP contribution in [-0.4, -0.2) is 26.3 Å². The molecule has 5 nitrogen and oxygen atoms in total. The predicted octanol–water partition coefficient (Wildman–Crippen LogP) is 2.47. The van der Waals surface area contributed by atoms with E-state index in [4.69, 9.17) is 5.11 Å². The molecule has 2 N–H and O–H groups in total. The molecule has 0 atom stereocenters. The molecule has 2 rings (SSSR count). The average Bonchev–Trinajstić information content (AvgIpc) is 2.76. The largest absolute Gasteiger partial charge is 0.477 e. The van der Waals surface area contributed by atoms with Crippen molar-refractivity contribution in [3.8, 4) is 0 Å². The SMILES string of the molecule is Cc1nc(S/C(=C/c2ccc(F)cc2)C(=O)O)n[nH]1. The van der Waals surface area contributed by atoms with E-state index >= 15 is 0 Å². The molecule has 0 spiro atoms. The summed E-state index contributed by atoms with van der Waals surface area (Å²) in [5.41, 5.74) is 0.596. The van der Waals surface area contributed by atoms with Crippen LogP contribution in [0.4, 0.5) is 4.39 Å². The first-order chi connectivity index (χ1) is 9.04. The molecule has 0 fully saturated rings. The van der Waals surface area contributed by atoms with Crippen LogP contribution in [0.3, 0.4) is 0 Å². The zero-order valence-corrected chi connectivity index (χ0v) is 10.7. The van der Waals surface area contributed by atoms with Crippen molar-refractivity contribution in [2.75, 3.05) is 0 Å². The van der Waals surface area contributed by atoms with Crippen molar-refractivity contribution in [1.29, 1.82) is 0 Å². The lowest BCUT2D eigenvalue weighted by atomic mass is 10.2. The molecule has 0 saturated heterocycles. The molecule has 0 aliphatic carbocycles. The highest BCUT2D eigenvalue weighted by molar-refractivity contribution is 8.04. The van der Waals surface area contributed by atoms with Gasteiger partial charge >= 0.3 is 5.97 Å². The number of nitrogens with zero attached hydrogens (tertiary/aromatic N) is 2. The number of rotatable bonds is 4. The third-order valence-electron chi connectivity index (χ3n) is 2.16. The smallest absolute Gasteiger partial charge is 0.342 e. The van der Waals surface area contributed by atoms with Gasteiger partial charge in [-0.25, -0.2) is 14.2 Å². The minimum atomic E-state index is -1.09. The van der Waals surface area contributed by atoms with E-state index in [2.05, 4.69) is 15.2 Å². The van der Waals surface area contributed by atoms with Gasteiger partial charge in [-0.05, 0) is 42.5 Å². The monoisotopic (exact) mass is 279 g/mol. The van der Waals surface area contributed by atoms with Gasteiger partial charge in [0.1, 0.15) is 16.5 Å². The average molecular weight is 279 g/mol. The molecule has 0 unspecified atom stereocenters. The molecule has 0 bridgehead atoms. The van der Waals surface area contributed by atoms with Gasteiger partial charge in [0.2, 0.25) is 5.16 Å². The molecule has 1 aromatic heterocycles. The summed E-state index contributed by atoms with van der Waals surface area (Å²) in [5.74, 6) is -0.850. The van der Waals surface area contributed by atoms with Gasteiger partial charge in [-0.1, -0.05) is 12.1 Å². The maximum Gasteiger partial charge on any atom is 0.342 e. The first-order valence-corrected chi connectivity index (χ1v) is 6.13. The highest BCUT2D eigenvalue weighted by atomic mass is 32.2. The fourth-order valence-electron chi connectivity index (χ4n) is 1.31. The van der Waals surface area contributed by atoms with Crippen LogP contribution in [0.1, 0.15) is 11.4 Å². The minimum absolute atomic E-state index is 0.0607. The van der Waals surface area contributed by atoms with Crippen LogP contribution in [0.2, 0.25) is 0 Å². The number of H-pyrrole nitrogens is 1. The van der Waals surface area contributed by atoms with Crippen LogP contribution >= 0.6 is 11.8 Å². The Labute approximate surface area is 112 Å². The fourth-order valence-corrected chi connectivity index (χ4v) is 2.06. The highest BCUT2D eigenvalue weighted by Crippen LogP contribution is 2.25. The zero-order chi connectivity index (χ0) is 13.8. The van der Waals surface area contributed by atoms with E-state index in [1.54, 1.807) is 6.92 Å². The van der Waals surface area contributed by atoms with E-state index < -0.39 is 5.97 Å². The maximum atomic E-state index is 12.8. The van der Waals surface area contributed by atoms with Gasteiger partial charge in [0.25, 0.3) is 0 Å². The zero-order valence-electron chi connectivity index (χ0n) is 9.92. The third kappa shape index (κ3) is 3.65. The van der Waals surface area contributed by atoms with Gasteiger partial charge in [0, 0.05) is 0 Å². The number of aliphatic carboxylic acids is 1. The van der Waals surface area contributed by atoms with Crippen molar-refractivity contribution in [3.05, 3.63) is 46.4 Å². The van der Waals surface area contributed by atoms with Crippen LogP contribution < -0.4 is 0 Å². The molecule has 1 heterocycles. The standard InChI is InChI=1S/C12H10FN3O2S/c1-7-14-12(16-15-7)19-10(11(17)18)6-8-2-4-9(13)5-3-8/h2-6H,1H3,(H,17,18)(H,14,15,16)/b10-6+. The van der Waals surface area contributed by atoms with Crippen LogP contribution in [0, 0.1) is 12.7 Å². The lowest BCUT2D eigenvalue weighted by Gasteiger charge is -1.99. The second-order valence-corrected chi connectivity index (χ2v) is 4.68. The first-order valence-electron chi connectivity index (χ1n) is 5.32. The molecule has 0 amide bonds. The summed E-state index contributed by atoms with van der Waals surface area (Å²) in [6.45, 7) is 1.72. The predicted molar refractivity (Wildman–Crippen MR) is 69.0 cm³/mol. The van der Waals surface area contributed by atoms with Crippen LogP contribution in [0.5, 0.6) is 0 Å². The number of hydrogen-bond donors (Lipinski definition) is 2.